The maximum atomic E-state index is 13.7. The molecule has 0 atom stereocenters. The van der Waals surface area contributed by atoms with E-state index in [4.69, 9.17) is 9.15 Å². The van der Waals surface area contributed by atoms with E-state index in [1.54, 1.807) is 19.2 Å². The number of aromatic nitrogens is 2. The van der Waals surface area contributed by atoms with Gasteiger partial charge >= 0.3 is 6.01 Å². The first-order chi connectivity index (χ1) is 12.5. The number of hydrogen-bond acceptors (Lipinski definition) is 6. The van der Waals surface area contributed by atoms with E-state index in [1.807, 2.05) is 12.1 Å². The number of hydrogen-bond donors (Lipinski definition) is 1. The minimum absolute atomic E-state index is 0.0491. The van der Waals surface area contributed by atoms with Gasteiger partial charge in [0.2, 0.25) is 5.91 Å². The second-order valence-corrected chi connectivity index (χ2v) is 6.10. The first kappa shape index (κ1) is 17.9. The molecule has 0 aliphatic carbocycles. The predicted molar refractivity (Wildman–Crippen MR) is 92.0 cm³/mol. The lowest BCUT2D eigenvalue weighted by Gasteiger charge is -2.03. The Kier molecular flexibility index (Phi) is 5.47. The molecular weight excluding hydrogens is 364 g/mol. The fourth-order valence-electron chi connectivity index (χ4n) is 2.02. The van der Waals surface area contributed by atoms with E-state index in [-0.39, 0.29) is 29.1 Å². The Labute approximate surface area is 151 Å². The molecule has 1 amide bonds. The van der Waals surface area contributed by atoms with E-state index in [9.17, 15) is 13.6 Å². The Hall–Kier alpha value is -2.94. The maximum absolute atomic E-state index is 13.7. The molecule has 2 aromatic carbocycles. The van der Waals surface area contributed by atoms with Gasteiger partial charge in [0.1, 0.15) is 17.4 Å². The first-order valence-electron chi connectivity index (χ1n) is 7.41. The molecule has 0 spiro atoms. The first-order valence-corrected chi connectivity index (χ1v) is 8.39. The number of rotatable bonds is 6. The van der Waals surface area contributed by atoms with Crippen LogP contribution in [0.1, 0.15) is 0 Å². The number of thioether (sulfide) groups is 1. The van der Waals surface area contributed by atoms with E-state index >= 15 is 0 Å². The highest BCUT2D eigenvalue weighted by Crippen LogP contribution is 2.24. The van der Waals surface area contributed by atoms with Gasteiger partial charge < -0.3 is 9.15 Å². The zero-order chi connectivity index (χ0) is 18.5. The third kappa shape index (κ3) is 4.37. The normalized spacial score (nSPS) is 10.6. The number of halogens is 2. The van der Waals surface area contributed by atoms with Crippen LogP contribution in [-0.4, -0.2) is 29.0 Å². The van der Waals surface area contributed by atoms with E-state index in [0.29, 0.717) is 6.07 Å². The quantitative estimate of drug-likeness (QED) is 0.659. The van der Waals surface area contributed by atoms with Gasteiger partial charge in [0.05, 0.1) is 18.4 Å². The third-order valence-corrected chi connectivity index (χ3v) is 4.27. The van der Waals surface area contributed by atoms with Gasteiger partial charge in [-0.2, -0.15) is 0 Å². The molecule has 0 unspecified atom stereocenters. The zero-order valence-corrected chi connectivity index (χ0v) is 14.3. The van der Waals surface area contributed by atoms with Gasteiger partial charge in [-0.25, -0.2) is 8.78 Å². The fraction of sp³-hybridized carbons (Fsp3) is 0.118. The number of amides is 1. The molecule has 0 aliphatic rings. The van der Waals surface area contributed by atoms with Gasteiger partial charge in [0.15, 0.2) is 0 Å². The highest BCUT2D eigenvalue weighted by molar-refractivity contribution is 8.00. The molecule has 9 heteroatoms. The summed E-state index contributed by atoms with van der Waals surface area (Å²) in [5, 5.41) is 9.73. The Morgan fingerprint density at radius 2 is 1.96 bits per heavy atom. The number of benzene rings is 2. The summed E-state index contributed by atoms with van der Waals surface area (Å²) in [6.45, 7) is 0. The van der Waals surface area contributed by atoms with Crippen LogP contribution in [0, 0.1) is 11.6 Å². The Bertz CT molecular complexity index is 916. The van der Waals surface area contributed by atoms with Gasteiger partial charge in [-0.3, -0.25) is 10.1 Å². The molecule has 1 aromatic heterocycles. The van der Waals surface area contributed by atoms with Crippen molar-refractivity contribution in [2.75, 3.05) is 18.2 Å². The smallest absolute Gasteiger partial charge is 0.322 e. The van der Waals surface area contributed by atoms with Gasteiger partial charge in [-0.1, -0.05) is 5.10 Å². The van der Waals surface area contributed by atoms with Crippen molar-refractivity contribution in [3.8, 4) is 17.2 Å². The van der Waals surface area contributed by atoms with E-state index in [1.165, 1.54) is 17.8 Å². The van der Waals surface area contributed by atoms with Crippen LogP contribution in [-0.2, 0) is 4.79 Å². The molecule has 0 aliphatic heterocycles. The fourth-order valence-corrected chi connectivity index (χ4v) is 2.72. The number of carbonyl (C=O) groups excluding carboxylic acids is 1. The summed E-state index contributed by atoms with van der Waals surface area (Å²) >= 11 is 1.32. The van der Waals surface area contributed by atoms with Gasteiger partial charge in [0, 0.05) is 11.0 Å². The number of anilines is 1. The van der Waals surface area contributed by atoms with Crippen LogP contribution in [0.5, 0.6) is 5.75 Å². The molecule has 26 heavy (non-hydrogen) atoms. The van der Waals surface area contributed by atoms with Crippen molar-refractivity contribution in [1.82, 2.24) is 10.2 Å². The topological polar surface area (TPSA) is 77.2 Å². The second kappa shape index (κ2) is 7.96. The molecule has 0 bridgehead atoms. The molecule has 0 saturated heterocycles. The lowest BCUT2D eigenvalue weighted by Crippen LogP contribution is -2.14. The van der Waals surface area contributed by atoms with Gasteiger partial charge in [0.25, 0.3) is 5.89 Å². The zero-order valence-electron chi connectivity index (χ0n) is 13.5. The van der Waals surface area contributed by atoms with Crippen molar-refractivity contribution in [3.05, 3.63) is 54.1 Å². The van der Waals surface area contributed by atoms with Crippen LogP contribution in [0.15, 0.2) is 51.8 Å². The van der Waals surface area contributed by atoms with Crippen molar-refractivity contribution in [2.45, 2.75) is 4.90 Å². The average molecular weight is 377 g/mol. The minimum atomic E-state index is -0.832. The molecule has 134 valence electrons. The summed E-state index contributed by atoms with van der Waals surface area (Å²) in [5.74, 6) is -1.21. The van der Waals surface area contributed by atoms with Crippen LogP contribution in [0.4, 0.5) is 14.8 Å². The van der Waals surface area contributed by atoms with Crippen molar-refractivity contribution in [2.24, 2.45) is 0 Å². The molecule has 0 fully saturated rings. The molecule has 1 N–H and O–H groups in total. The molecule has 3 aromatic rings. The summed E-state index contributed by atoms with van der Waals surface area (Å²) < 4.78 is 36.9. The number of ether oxygens (including phenoxy) is 1. The highest BCUT2D eigenvalue weighted by atomic mass is 32.2. The van der Waals surface area contributed by atoms with Crippen molar-refractivity contribution in [3.63, 3.8) is 0 Å². The van der Waals surface area contributed by atoms with E-state index in [2.05, 4.69) is 15.5 Å². The van der Waals surface area contributed by atoms with Crippen molar-refractivity contribution < 1.29 is 22.7 Å². The molecule has 1 heterocycles. The van der Waals surface area contributed by atoms with Crippen molar-refractivity contribution in [1.29, 1.82) is 0 Å². The number of carbonyl (C=O) groups is 1. The highest BCUT2D eigenvalue weighted by Gasteiger charge is 2.15. The van der Waals surface area contributed by atoms with Crippen LogP contribution in [0.3, 0.4) is 0 Å². The van der Waals surface area contributed by atoms with Gasteiger partial charge in [-0.05, 0) is 36.4 Å². The molecular formula is C17H13F2N3O3S. The van der Waals surface area contributed by atoms with Gasteiger partial charge in [-0.15, -0.1) is 16.9 Å². The third-order valence-electron chi connectivity index (χ3n) is 3.26. The van der Waals surface area contributed by atoms with Crippen LogP contribution < -0.4 is 10.1 Å². The van der Waals surface area contributed by atoms with Crippen LogP contribution >= 0.6 is 11.8 Å². The largest absolute Gasteiger partial charge is 0.497 e. The number of nitrogens with zero attached hydrogens (tertiary/aromatic N) is 2. The van der Waals surface area contributed by atoms with E-state index in [0.717, 1.165) is 16.7 Å². The SMILES string of the molecule is COc1ccc(SCC(=O)Nc2nnc(-c3ccc(F)cc3F)o2)cc1. The molecule has 6 nitrogen and oxygen atoms in total. The standard InChI is InChI=1S/C17H13F2N3O3S/c1-24-11-3-5-12(6-4-11)26-9-15(23)20-17-22-21-16(25-17)13-7-2-10(18)8-14(13)19/h2-8H,9H2,1H3,(H,20,22,23). The maximum Gasteiger partial charge on any atom is 0.322 e. The predicted octanol–water partition coefficient (Wildman–Crippen LogP) is 3.75. The summed E-state index contributed by atoms with van der Waals surface area (Å²) in [5.41, 5.74) is -0.0491. The summed E-state index contributed by atoms with van der Waals surface area (Å²) in [7, 11) is 1.58. The summed E-state index contributed by atoms with van der Waals surface area (Å²) in [4.78, 5) is 12.8. The Balaban J connectivity index is 1.58. The average Bonchev–Trinajstić information content (AvgIpc) is 3.08. The number of methoxy groups -OCH3 is 1. The van der Waals surface area contributed by atoms with Crippen LogP contribution in [0.25, 0.3) is 11.5 Å². The Morgan fingerprint density at radius 1 is 1.19 bits per heavy atom. The van der Waals surface area contributed by atoms with Crippen molar-refractivity contribution >= 4 is 23.7 Å². The second-order valence-electron chi connectivity index (χ2n) is 5.05. The summed E-state index contributed by atoms with van der Waals surface area (Å²) in [6.07, 6.45) is 0. The van der Waals surface area contributed by atoms with E-state index < -0.39 is 11.6 Å². The lowest BCUT2D eigenvalue weighted by atomic mass is 10.2. The summed E-state index contributed by atoms with van der Waals surface area (Å²) in [6, 6.07) is 10.1. The monoisotopic (exact) mass is 377 g/mol. The molecule has 0 radical (unpaired) electrons. The lowest BCUT2D eigenvalue weighted by molar-refractivity contribution is -0.113. The Morgan fingerprint density at radius 3 is 2.65 bits per heavy atom. The molecule has 0 saturated carbocycles. The number of nitrogens with one attached hydrogen (secondary N) is 1. The molecule has 3 rings (SSSR count). The van der Waals surface area contributed by atoms with Crippen LogP contribution in [0.2, 0.25) is 0 Å². The minimum Gasteiger partial charge on any atom is -0.497 e.